The average molecular weight is 211 g/mol. The number of ether oxygens (including phenoxy) is 1. The van der Waals surface area contributed by atoms with Gasteiger partial charge in [0.2, 0.25) is 0 Å². The Kier molecular flexibility index (Phi) is 3.38. The lowest BCUT2D eigenvalue weighted by atomic mass is 10.1. The highest BCUT2D eigenvalue weighted by Crippen LogP contribution is 2.26. The van der Waals surface area contributed by atoms with Crippen LogP contribution in [0.25, 0.3) is 5.76 Å². The molecule has 0 spiro atoms. The third-order valence-electron chi connectivity index (χ3n) is 1.78. The van der Waals surface area contributed by atoms with E-state index in [1.54, 1.807) is 6.92 Å². The van der Waals surface area contributed by atoms with Crippen molar-refractivity contribution in [3.63, 3.8) is 0 Å². The van der Waals surface area contributed by atoms with Crippen molar-refractivity contribution < 1.29 is 14.1 Å². The summed E-state index contributed by atoms with van der Waals surface area (Å²) in [6.07, 6.45) is 0. The van der Waals surface area contributed by atoms with E-state index in [-0.39, 0.29) is 17.0 Å². The largest absolute Gasteiger partial charge is 0.494 e. The molecule has 1 aromatic rings. The van der Waals surface area contributed by atoms with Gasteiger partial charge in [0.15, 0.2) is 0 Å². The Morgan fingerprint density at radius 1 is 1.67 bits per heavy atom. The van der Waals surface area contributed by atoms with Crippen molar-refractivity contribution in [1.82, 2.24) is 0 Å². The molecular weight excluding hydrogens is 201 g/mol. The summed E-state index contributed by atoms with van der Waals surface area (Å²) < 4.78 is 17.8. The van der Waals surface area contributed by atoms with Crippen LogP contribution in [0.5, 0.6) is 0 Å². The number of nitro benzene ring substituents is 1. The zero-order chi connectivity index (χ0) is 11.4. The van der Waals surface area contributed by atoms with Gasteiger partial charge < -0.3 is 4.74 Å². The molecule has 0 aliphatic rings. The molecule has 0 fully saturated rings. The maximum atomic E-state index is 12.8. The van der Waals surface area contributed by atoms with E-state index in [4.69, 9.17) is 4.74 Å². The minimum atomic E-state index is -0.664. The van der Waals surface area contributed by atoms with Crippen molar-refractivity contribution in [3.05, 3.63) is 46.3 Å². The summed E-state index contributed by atoms with van der Waals surface area (Å²) in [5, 5.41) is 10.6. The van der Waals surface area contributed by atoms with Crippen LogP contribution in [0, 0.1) is 15.9 Å². The van der Waals surface area contributed by atoms with E-state index in [2.05, 4.69) is 6.58 Å². The minimum absolute atomic E-state index is 0.171. The molecule has 15 heavy (non-hydrogen) atoms. The Labute approximate surface area is 86.1 Å². The van der Waals surface area contributed by atoms with E-state index in [1.807, 2.05) is 0 Å². The molecule has 0 saturated carbocycles. The van der Waals surface area contributed by atoms with Gasteiger partial charge in [-0.3, -0.25) is 10.1 Å². The lowest BCUT2D eigenvalue weighted by molar-refractivity contribution is -0.385. The molecule has 0 saturated heterocycles. The monoisotopic (exact) mass is 211 g/mol. The van der Waals surface area contributed by atoms with Gasteiger partial charge in [0.05, 0.1) is 23.2 Å². The van der Waals surface area contributed by atoms with Crippen molar-refractivity contribution in [2.45, 2.75) is 6.92 Å². The minimum Gasteiger partial charge on any atom is -0.494 e. The van der Waals surface area contributed by atoms with E-state index in [0.29, 0.717) is 6.61 Å². The Balaban J connectivity index is 3.17. The van der Waals surface area contributed by atoms with Crippen LogP contribution in [0.2, 0.25) is 0 Å². The molecule has 0 bridgehead atoms. The fraction of sp³-hybridized carbons (Fsp3) is 0.200. The number of benzene rings is 1. The molecule has 0 atom stereocenters. The fourth-order valence-corrected chi connectivity index (χ4v) is 1.14. The predicted octanol–water partition coefficient (Wildman–Crippen LogP) is 2.74. The molecule has 0 heterocycles. The van der Waals surface area contributed by atoms with Gasteiger partial charge in [-0.25, -0.2) is 4.39 Å². The van der Waals surface area contributed by atoms with E-state index in [9.17, 15) is 14.5 Å². The van der Waals surface area contributed by atoms with Crippen LogP contribution in [0.4, 0.5) is 10.1 Å². The highest BCUT2D eigenvalue weighted by atomic mass is 19.1. The Hall–Kier alpha value is -1.91. The van der Waals surface area contributed by atoms with E-state index in [1.165, 1.54) is 6.07 Å². The van der Waals surface area contributed by atoms with Crippen molar-refractivity contribution >= 4 is 11.4 Å². The summed E-state index contributed by atoms with van der Waals surface area (Å²) in [6.45, 7) is 5.63. The van der Waals surface area contributed by atoms with Crippen LogP contribution in [0.15, 0.2) is 24.8 Å². The average Bonchev–Trinajstić information content (AvgIpc) is 2.17. The van der Waals surface area contributed by atoms with Crippen molar-refractivity contribution in [3.8, 4) is 0 Å². The zero-order valence-corrected chi connectivity index (χ0v) is 8.20. The molecule has 4 nitrogen and oxygen atoms in total. The quantitative estimate of drug-likeness (QED) is 0.437. The summed E-state index contributed by atoms with van der Waals surface area (Å²) in [5.74, 6) is -0.487. The molecule has 0 N–H and O–H groups in total. The topological polar surface area (TPSA) is 52.4 Å². The van der Waals surface area contributed by atoms with E-state index >= 15 is 0 Å². The number of hydrogen-bond donors (Lipinski definition) is 0. The summed E-state index contributed by atoms with van der Waals surface area (Å²) in [4.78, 5) is 9.96. The maximum absolute atomic E-state index is 12.8. The Bertz CT molecular complexity index is 404. The smallest absolute Gasteiger partial charge is 0.283 e. The van der Waals surface area contributed by atoms with Gasteiger partial charge in [-0.05, 0) is 19.1 Å². The van der Waals surface area contributed by atoms with Crippen LogP contribution in [-0.2, 0) is 4.74 Å². The van der Waals surface area contributed by atoms with Gasteiger partial charge in [-0.2, -0.15) is 0 Å². The molecular formula is C10H10FNO3. The third-order valence-corrected chi connectivity index (χ3v) is 1.78. The molecule has 0 aliphatic heterocycles. The molecule has 0 unspecified atom stereocenters. The van der Waals surface area contributed by atoms with Crippen molar-refractivity contribution in [2.75, 3.05) is 6.61 Å². The van der Waals surface area contributed by atoms with Crippen LogP contribution in [-0.4, -0.2) is 11.5 Å². The van der Waals surface area contributed by atoms with Gasteiger partial charge in [0.25, 0.3) is 5.69 Å². The van der Waals surface area contributed by atoms with Gasteiger partial charge in [-0.15, -0.1) is 0 Å². The van der Waals surface area contributed by atoms with E-state index in [0.717, 1.165) is 12.1 Å². The highest BCUT2D eigenvalue weighted by molar-refractivity contribution is 5.66. The normalized spacial score (nSPS) is 9.73. The SMILES string of the molecule is C=C(OCC)c1ccc(F)cc1[N+](=O)[O-]. The number of hydrogen-bond acceptors (Lipinski definition) is 3. The zero-order valence-electron chi connectivity index (χ0n) is 8.20. The standard InChI is InChI=1S/C10H10FNO3/c1-3-15-7(2)9-5-4-8(11)6-10(9)12(13)14/h4-6H,2-3H2,1H3. The molecule has 0 aromatic heterocycles. The second kappa shape index (κ2) is 4.54. The predicted molar refractivity (Wildman–Crippen MR) is 53.7 cm³/mol. The van der Waals surface area contributed by atoms with Crippen LogP contribution in [0.3, 0.4) is 0 Å². The number of halogens is 1. The van der Waals surface area contributed by atoms with Gasteiger partial charge >= 0.3 is 0 Å². The number of nitro groups is 1. The molecule has 80 valence electrons. The van der Waals surface area contributed by atoms with Gasteiger partial charge in [0, 0.05) is 0 Å². The summed E-state index contributed by atoms with van der Waals surface area (Å²) in [5.41, 5.74) is -0.142. The Morgan fingerprint density at radius 3 is 2.87 bits per heavy atom. The first-order chi connectivity index (χ1) is 7.06. The summed E-state index contributed by atoms with van der Waals surface area (Å²) in [6, 6.07) is 3.26. The summed E-state index contributed by atoms with van der Waals surface area (Å²) >= 11 is 0. The van der Waals surface area contributed by atoms with Crippen molar-refractivity contribution in [1.29, 1.82) is 0 Å². The fourth-order valence-electron chi connectivity index (χ4n) is 1.14. The first kappa shape index (κ1) is 11.2. The summed E-state index contributed by atoms with van der Waals surface area (Å²) in [7, 11) is 0. The van der Waals surface area contributed by atoms with Gasteiger partial charge in [0.1, 0.15) is 11.6 Å². The molecule has 1 rings (SSSR count). The van der Waals surface area contributed by atoms with Crippen molar-refractivity contribution in [2.24, 2.45) is 0 Å². The Morgan fingerprint density at radius 2 is 2.33 bits per heavy atom. The number of nitrogens with zero attached hydrogens (tertiary/aromatic N) is 1. The van der Waals surface area contributed by atoms with Gasteiger partial charge in [-0.1, -0.05) is 6.58 Å². The molecule has 0 radical (unpaired) electrons. The highest BCUT2D eigenvalue weighted by Gasteiger charge is 2.17. The second-order valence-electron chi connectivity index (χ2n) is 2.77. The first-order valence-electron chi connectivity index (χ1n) is 4.32. The molecule has 0 aliphatic carbocycles. The molecule has 5 heteroatoms. The number of rotatable bonds is 4. The third kappa shape index (κ3) is 2.52. The maximum Gasteiger partial charge on any atom is 0.283 e. The van der Waals surface area contributed by atoms with Crippen LogP contribution < -0.4 is 0 Å². The van der Waals surface area contributed by atoms with Crippen LogP contribution in [0.1, 0.15) is 12.5 Å². The molecule has 0 amide bonds. The lowest BCUT2D eigenvalue weighted by Crippen LogP contribution is -1.98. The van der Waals surface area contributed by atoms with Crippen LogP contribution >= 0.6 is 0 Å². The second-order valence-corrected chi connectivity index (χ2v) is 2.77. The lowest BCUT2D eigenvalue weighted by Gasteiger charge is -2.07. The van der Waals surface area contributed by atoms with E-state index < -0.39 is 10.7 Å². The molecule has 1 aromatic carbocycles. The first-order valence-corrected chi connectivity index (χ1v) is 4.32.